The van der Waals surface area contributed by atoms with Gasteiger partial charge in [0.2, 0.25) is 5.88 Å². The van der Waals surface area contributed by atoms with E-state index in [1.54, 1.807) is 31.5 Å². The molecule has 0 unspecified atom stereocenters. The normalized spacial score (nSPS) is 10.4. The number of ether oxygens (including phenoxy) is 2. The van der Waals surface area contributed by atoms with E-state index in [1.807, 2.05) is 31.2 Å². The molecular formula is C21H22N4O4. The van der Waals surface area contributed by atoms with Crippen molar-refractivity contribution in [3.8, 4) is 22.9 Å². The molecule has 150 valence electrons. The molecular weight excluding hydrogens is 372 g/mol. The van der Waals surface area contributed by atoms with Crippen molar-refractivity contribution in [3.63, 3.8) is 0 Å². The molecule has 0 atom stereocenters. The fraction of sp³-hybridized carbons (Fsp3) is 0.238. The third-order valence-electron chi connectivity index (χ3n) is 4.16. The number of amides is 1. The van der Waals surface area contributed by atoms with E-state index in [0.717, 1.165) is 11.3 Å². The van der Waals surface area contributed by atoms with Crippen LogP contribution in [0.2, 0.25) is 0 Å². The van der Waals surface area contributed by atoms with E-state index in [4.69, 9.17) is 9.47 Å². The molecule has 0 bridgehead atoms. The van der Waals surface area contributed by atoms with E-state index >= 15 is 0 Å². The zero-order valence-corrected chi connectivity index (χ0v) is 16.3. The third-order valence-corrected chi connectivity index (χ3v) is 4.16. The lowest BCUT2D eigenvalue weighted by Crippen LogP contribution is -2.32. The van der Waals surface area contributed by atoms with E-state index < -0.39 is 0 Å². The van der Waals surface area contributed by atoms with Crippen molar-refractivity contribution in [1.29, 1.82) is 0 Å². The van der Waals surface area contributed by atoms with Crippen LogP contribution in [0.4, 0.5) is 0 Å². The Bertz CT molecular complexity index is 1030. The van der Waals surface area contributed by atoms with Crippen molar-refractivity contribution < 1.29 is 14.3 Å². The second kappa shape index (κ2) is 9.50. The number of hydrogen-bond donors (Lipinski definition) is 1. The second-order valence-corrected chi connectivity index (χ2v) is 6.05. The fourth-order valence-electron chi connectivity index (χ4n) is 2.71. The molecule has 0 aliphatic carbocycles. The summed E-state index contributed by atoms with van der Waals surface area (Å²) in [5.41, 5.74) is 1.62. The van der Waals surface area contributed by atoms with Crippen LogP contribution in [0, 0.1) is 0 Å². The molecule has 3 rings (SSSR count). The van der Waals surface area contributed by atoms with Gasteiger partial charge in [-0.2, -0.15) is 5.10 Å². The van der Waals surface area contributed by atoms with Crippen LogP contribution < -0.4 is 20.3 Å². The number of nitrogens with zero attached hydrogens (tertiary/aromatic N) is 3. The van der Waals surface area contributed by atoms with Gasteiger partial charge in [-0.25, -0.2) is 9.67 Å². The zero-order chi connectivity index (χ0) is 20.6. The summed E-state index contributed by atoms with van der Waals surface area (Å²) in [6.07, 6.45) is 1.57. The number of rotatable bonds is 8. The highest BCUT2D eigenvalue weighted by Gasteiger charge is 2.13. The van der Waals surface area contributed by atoms with Crippen LogP contribution in [0.1, 0.15) is 17.3 Å². The van der Waals surface area contributed by atoms with E-state index in [-0.39, 0.29) is 30.4 Å². The molecule has 2 heterocycles. The average molecular weight is 394 g/mol. The highest BCUT2D eigenvalue weighted by atomic mass is 16.5. The van der Waals surface area contributed by atoms with Gasteiger partial charge in [-0.3, -0.25) is 9.59 Å². The van der Waals surface area contributed by atoms with Gasteiger partial charge in [0.25, 0.3) is 11.5 Å². The number of nitrogens with one attached hydrogen (secondary N) is 1. The number of aromatic nitrogens is 3. The minimum Gasteiger partial charge on any atom is -0.497 e. The minimum atomic E-state index is -0.319. The van der Waals surface area contributed by atoms with Crippen LogP contribution in [-0.2, 0) is 6.54 Å². The number of benzene rings is 1. The summed E-state index contributed by atoms with van der Waals surface area (Å²) in [6.45, 7) is 2.70. The molecule has 1 N–H and O–H groups in total. The summed E-state index contributed by atoms with van der Waals surface area (Å²) >= 11 is 0. The van der Waals surface area contributed by atoms with Crippen LogP contribution in [0.3, 0.4) is 0 Å². The number of hydrogen-bond acceptors (Lipinski definition) is 6. The van der Waals surface area contributed by atoms with Gasteiger partial charge in [0.15, 0.2) is 0 Å². The van der Waals surface area contributed by atoms with Crippen LogP contribution in [0.25, 0.3) is 11.3 Å². The van der Waals surface area contributed by atoms with Gasteiger partial charge in [-0.05, 0) is 49.4 Å². The maximum atomic E-state index is 12.4. The Morgan fingerprint density at radius 2 is 1.93 bits per heavy atom. The van der Waals surface area contributed by atoms with Gasteiger partial charge in [0, 0.05) is 24.4 Å². The topological polar surface area (TPSA) is 95.3 Å². The molecule has 8 heteroatoms. The lowest BCUT2D eigenvalue weighted by molar-refractivity contribution is 0.0947. The van der Waals surface area contributed by atoms with Gasteiger partial charge < -0.3 is 14.8 Å². The third kappa shape index (κ3) is 4.98. The van der Waals surface area contributed by atoms with E-state index in [9.17, 15) is 9.59 Å². The molecule has 29 heavy (non-hydrogen) atoms. The minimum absolute atomic E-state index is 0.234. The first kappa shape index (κ1) is 20.1. The molecule has 8 nitrogen and oxygen atoms in total. The first-order valence-corrected chi connectivity index (χ1v) is 9.21. The van der Waals surface area contributed by atoms with Gasteiger partial charge in [-0.1, -0.05) is 0 Å². The summed E-state index contributed by atoms with van der Waals surface area (Å²) < 4.78 is 11.9. The molecule has 1 aromatic carbocycles. The smallest absolute Gasteiger partial charge is 0.266 e. The highest BCUT2D eigenvalue weighted by molar-refractivity contribution is 5.96. The Balaban J connectivity index is 1.68. The van der Waals surface area contributed by atoms with Crippen LogP contribution in [0.15, 0.2) is 59.5 Å². The summed E-state index contributed by atoms with van der Waals surface area (Å²) in [6, 6.07) is 13.8. The van der Waals surface area contributed by atoms with E-state index in [0.29, 0.717) is 17.9 Å². The SMILES string of the molecule is CCOc1ncccc1C(=O)NCCn1nc(-c2ccc(OC)cc2)ccc1=O. The molecule has 0 saturated carbocycles. The molecule has 0 saturated heterocycles. The predicted molar refractivity (Wildman–Crippen MR) is 108 cm³/mol. The van der Waals surface area contributed by atoms with Crippen molar-refractivity contribution in [2.24, 2.45) is 0 Å². The maximum absolute atomic E-state index is 12.4. The van der Waals surface area contributed by atoms with E-state index in [1.165, 1.54) is 10.7 Å². The Kier molecular flexibility index (Phi) is 6.57. The predicted octanol–water partition coefficient (Wildman–Crippen LogP) is 2.14. The lowest BCUT2D eigenvalue weighted by Gasteiger charge is -2.10. The Morgan fingerprint density at radius 1 is 1.14 bits per heavy atom. The van der Waals surface area contributed by atoms with Crippen LogP contribution in [0.5, 0.6) is 11.6 Å². The Morgan fingerprint density at radius 3 is 2.66 bits per heavy atom. The molecule has 0 aliphatic heterocycles. The average Bonchev–Trinajstić information content (AvgIpc) is 2.75. The molecule has 0 radical (unpaired) electrons. The zero-order valence-electron chi connectivity index (χ0n) is 16.3. The summed E-state index contributed by atoms with van der Waals surface area (Å²) in [7, 11) is 1.60. The maximum Gasteiger partial charge on any atom is 0.266 e. The summed E-state index contributed by atoms with van der Waals surface area (Å²) in [4.78, 5) is 28.6. The van der Waals surface area contributed by atoms with Crippen molar-refractivity contribution in [3.05, 3.63) is 70.6 Å². The van der Waals surface area contributed by atoms with Crippen molar-refractivity contribution in [2.75, 3.05) is 20.3 Å². The second-order valence-electron chi connectivity index (χ2n) is 6.05. The molecule has 2 aromatic heterocycles. The monoisotopic (exact) mass is 394 g/mol. The summed E-state index contributed by atoms with van der Waals surface area (Å²) in [5, 5.41) is 7.16. The van der Waals surface area contributed by atoms with Crippen LogP contribution >= 0.6 is 0 Å². The standard InChI is InChI=1S/C21H22N4O4/c1-3-29-21-17(5-4-12-23-21)20(27)22-13-14-25-19(26)11-10-18(24-25)15-6-8-16(28-2)9-7-15/h4-12H,3,13-14H2,1-2H3,(H,22,27). The molecule has 1 amide bonds. The first-order chi connectivity index (χ1) is 14.1. The highest BCUT2D eigenvalue weighted by Crippen LogP contribution is 2.19. The number of carbonyl (C=O) groups excluding carboxylic acids is 1. The Hall–Kier alpha value is -3.68. The molecule has 0 aliphatic rings. The molecule has 0 spiro atoms. The fourth-order valence-corrected chi connectivity index (χ4v) is 2.71. The largest absolute Gasteiger partial charge is 0.497 e. The van der Waals surface area contributed by atoms with Gasteiger partial charge >= 0.3 is 0 Å². The lowest BCUT2D eigenvalue weighted by atomic mass is 10.1. The number of pyridine rings is 1. The number of methoxy groups -OCH3 is 1. The molecule has 0 fully saturated rings. The summed E-state index contributed by atoms with van der Waals surface area (Å²) in [5.74, 6) is 0.705. The quantitative estimate of drug-likeness (QED) is 0.629. The van der Waals surface area contributed by atoms with Gasteiger partial charge in [0.05, 0.1) is 26.0 Å². The number of carbonyl (C=O) groups is 1. The van der Waals surface area contributed by atoms with Crippen LogP contribution in [-0.4, -0.2) is 40.9 Å². The van der Waals surface area contributed by atoms with Crippen molar-refractivity contribution in [2.45, 2.75) is 13.5 Å². The van der Waals surface area contributed by atoms with E-state index in [2.05, 4.69) is 15.4 Å². The van der Waals surface area contributed by atoms with Crippen molar-refractivity contribution in [1.82, 2.24) is 20.1 Å². The van der Waals surface area contributed by atoms with Gasteiger partial charge in [0.1, 0.15) is 11.3 Å². The van der Waals surface area contributed by atoms with Crippen molar-refractivity contribution >= 4 is 5.91 Å². The Labute approximate surface area is 168 Å². The van der Waals surface area contributed by atoms with Gasteiger partial charge in [-0.15, -0.1) is 0 Å². The molecule has 3 aromatic rings. The first-order valence-electron chi connectivity index (χ1n) is 9.21.